The fourth-order valence-electron chi connectivity index (χ4n) is 4.49. The summed E-state index contributed by atoms with van der Waals surface area (Å²) in [7, 11) is 0. The monoisotopic (exact) mass is 414 g/mol. The number of rotatable bonds is 3. The van der Waals surface area contributed by atoms with Gasteiger partial charge in [0.05, 0.1) is 29.8 Å². The van der Waals surface area contributed by atoms with Gasteiger partial charge in [0, 0.05) is 39.5 Å². The van der Waals surface area contributed by atoms with Crippen molar-refractivity contribution in [3.63, 3.8) is 0 Å². The first-order valence-electron chi connectivity index (χ1n) is 9.34. The van der Waals surface area contributed by atoms with Crippen molar-refractivity contribution in [2.45, 2.75) is 45.3 Å². The number of hydrogen-bond donors (Lipinski definition) is 1. The van der Waals surface area contributed by atoms with E-state index < -0.39 is 0 Å². The number of carbonyl (C=O) groups is 1. The Morgan fingerprint density at radius 3 is 2.79 bits per heavy atom. The predicted octanol–water partition coefficient (Wildman–Crippen LogP) is 4.47. The molecule has 0 bridgehead atoms. The van der Waals surface area contributed by atoms with Crippen LogP contribution in [0.2, 0.25) is 10.0 Å². The first kappa shape index (κ1) is 19.2. The van der Waals surface area contributed by atoms with E-state index in [1.165, 1.54) is 0 Å². The van der Waals surface area contributed by atoms with Gasteiger partial charge < -0.3 is 10.6 Å². The van der Waals surface area contributed by atoms with E-state index in [-0.39, 0.29) is 24.4 Å². The lowest BCUT2D eigenvalue weighted by molar-refractivity contribution is 0.0683. The molecule has 0 spiro atoms. The number of halogens is 2. The SMILES string of the molecule is Cc1nc2c(c(-c3ccc(Cl)cc3Cl)c1CN)C(=O)N([C@@H]1CCC[C@@H]1C#N)C2. The van der Waals surface area contributed by atoms with Crippen molar-refractivity contribution >= 4 is 29.1 Å². The molecular formula is C21H20Cl2N4O. The van der Waals surface area contributed by atoms with E-state index in [0.29, 0.717) is 22.2 Å². The van der Waals surface area contributed by atoms with Crippen LogP contribution in [-0.4, -0.2) is 21.8 Å². The molecule has 1 saturated carbocycles. The number of amides is 1. The topological polar surface area (TPSA) is 83.0 Å². The second-order valence-electron chi connectivity index (χ2n) is 7.37. The Morgan fingerprint density at radius 2 is 2.11 bits per heavy atom. The Balaban J connectivity index is 1.89. The first-order chi connectivity index (χ1) is 13.5. The van der Waals surface area contributed by atoms with Crippen molar-refractivity contribution in [1.29, 1.82) is 5.26 Å². The van der Waals surface area contributed by atoms with Gasteiger partial charge in [-0.3, -0.25) is 9.78 Å². The lowest BCUT2D eigenvalue weighted by Gasteiger charge is -2.26. The molecule has 7 heteroatoms. The van der Waals surface area contributed by atoms with E-state index >= 15 is 0 Å². The normalized spacial score (nSPS) is 21.1. The second kappa shape index (κ2) is 7.36. The average Bonchev–Trinajstić information content (AvgIpc) is 3.25. The van der Waals surface area contributed by atoms with Crippen LogP contribution in [0.5, 0.6) is 0 Å². The Bertz CT molecular complexity index is 1010. The zero-order chi connectivity index (χ0) is 20.0. The third kappa shape index (κ3) is 2.97. The van der Waals surface area contributed by atoms with Crippen molar-refractivity contribution in [2.24, 2.45) is 11.7 Å². The maximum absolute atomic E-state index is 13.5. The van der Waals surface area contributed by atoms with E-state index in [4.69, 9.17) is 28.9 Å². The quantitative estimate of drug-likeness (QED) is 0.802. The van der Waals surface area contributed by atoms with Crippen LogP contribution in [-0.2, 0) is 13.1 Å². The minimum absolute atomic E-state index is 0.0677. The molecule has 2 aromatic rings. The summed E-state index contributed by atoms with van der Waals surface area (Å²) in [5, 5.41) is 10.5. The largest absolute Gasteiger partial charge is 0.328 e. The van der Waals surface area contributed by atoms with Crippen LogP contribution < -0.4 is 5.73 Å². The summed E-state index contributed by atoms with van der Waals surface area (Å²) in [5.41, 5.74) is 10.4. The van der Waals surface area contributed by atoms with Gasteiger partial charge in [0.1, 0.15) is 0 Å². The minimum Gasteiger partial charge on any atom is -0.328 e. The van der Waals surface area contributed by atoms with Gasteiger partial charge in [-0.2, -0.15) is 5.26 Å². The molecule has 1 aromatic heterocycles. The van der Waals surface area contributed by atoms with E-state index in [0.717, 1.165) is 47.3 Å². The lowest BCUT2D eigenvalue weighted by atomic mass is 9.93. The molecule has 2 aliphatic rings. The first-order valence-corrected chi connectivity index (χ1v) is 10.1. The average molecular weight is 415 g/mol. The predicted molar refractivity (Wildman–Crippen MR) is 109 cm³/mol. The standard InChI is InChI=1S/C21H20Cl2N4O/c1-11-15(9-25)19(14-6-5-13(22)7-16(14)23)20-17(26-11)10-27(21(20)28)18-4-2-3-12(18)8-24/h5-7,12,18H,2-4,9-10,25H2,1H3/t12-,18-/m1/s1. The summed E-state index contributed by atoms with van der Waals surface area (Å²) in [5.74, 6) is -0.221. The molecule has 0 radical (unpaired) electrons. The summed E-state index contributed by atoms with van der Waals surface area (Å²) in [6, 6.07) is 7.54. The Morgan fingerprint density at radius 1 is 1.32 bits per heavy atom. The molecule has 28 heavy (non-hydrogen) atoms. The number of aryl methyl sites for hydroxylation is 1. The van der Waals surface area contributed by atoms with Crippen LogP contribution in [0.4, 0.5) is 0 Å². The molecule has 1 aromatic carbocycles. The molecule has 1 fully saturated rings. The summed E-state index contributed by atoms with van der Waals surface area (Å²) < 4.78 is 0. The van der Waals surface area contributed by atoms with Crippen molar-refractivity contribution in [3.8, 4) is 17.2 Å². The molecule has 1 amide bonds. The highest BCUT2D eigenvalue weighted by Crippen LogP contribution is 2.42. The van der Waals surface area contributed by atoms with Crippen LogP contribution in [0, 0.1) is 24.2 Å². The Hall–Kier alpha value is -2.13. The summed E-state index contributed by atoms with van der Waals surface area (Å²) in [4.78, 5) is 20.0. The third-order valence-electron chi connectivity index (χ3n) is 5.82. The van der Waals surface area contributed by atoms with Crippen LogP contribution in [0.3, 0.4) is 0 Å². The van der Waals surface area contributed by atoms with Gasteiger partial charge in [0.25, 0.3) is 5.91 Å². The molecule has 0 saturated heterocycles. The highest BCUT2D eigenvalue weighted by atomic mass is 35.5. The number of nitriles is 1. The van der Waals surface area contributed by atoms with Crippen LogP contribution in [0.25, 0.3) is 11.1 Å². The van der Waals surface area contributed by atoms with E-state index in [1.54, 1.807) is 12.1 Å². The fraction of sp³-hybridized carbons (Fsp3) is 0.381. The van der Waals surface area contributed by atoms with Crippen molar-refractivity contribution in [2.75, 3.05) is 0 Å². The zero-order valence-corrected chi connectivity index (χ0v) is 17.0. The minimum atomic E-state index is -0.129. The maximum Gasteiger partial charge on any atom is 0.257 e. The zero-order valence-electron chi connectivity index (χ0n) is 15.5. The molecule has 1 aliphatic heterocycles. The van der Waals surface area contributed by atoms with Crippen LogP contribution >= 0.6 is 23.2 Å². The van der Waals surface area contributed by atoms with E-state index in [9.17, 15) is 10.1 Å². The van der Waals surface area contributed by atoms with Gasteiger partial charge in [-0.05, 0) is 43.9 Å². The Labute approximate surface area is 174 Å². The van der Waals surface area contributed by atoms with Crippen molar-refractivity contribution < 1.29 is 4.79 Å². The van der Waals surface area contributed by atoms with Crippen molar-refractivity contribution in [3.05, 3.63) is 50.8 Å². The molecule has 2 atom stereocenters. The lowest BCUT2D eigenvalue weighted by Crippen LogP contribution is -2.37. The highest BCUT2D eigenvalue weighted by molar-refractivity contribution is 6.36. The van der Waals surface area contributed by atoms with Crippen LogP contribution in [0.15, 0.2) is 18.2 Å². The number of carbonyl (C=O) groups excluding carboxylic acids is 1. The summed E-state index contributed by atoms with van der Waals surface area (Å²) in [6.45, 7) is 2.56. The fourth-order valence-corrected chi connectivity index (χ4v) is 5.00. The highest BCUT2D eigenvalue weighted by Gasteiger charge is 2.42. The summed E-state index contributed by atoms with van der Waals surface area (Å²) in [6.07, 6.45) is 2.63. The molecule has 2 heterocycles. The summed E-state index contributed by atoms with van der Waals surface area (Å²) >= 11 is 12.6. The number of benzene rings is 1. The molecule has 1 aliphatic carbocycles. The van der Waals surface area contributed by atoms with Gasteiger partial charge in [0.15, 0.2) is 0 Å². The molecule has 0 unspecified atom stereocenters. The second-order valence-corrected chi connectivity index (χ2v) is 8.21. The van der Waals surface area contributed by atoms with E-state index in [1.807, 2.05) is 17.9 Å². The number of aromatic nitrogens is 1. The van der Waals surface area contributed by atoms with Crippen LogP contribution in [0.1, 0.15) is 46.6 Å². The van der Waals surface area contributed by atoms with Gasteiger partial charge in [-0.15, -0.1) is 0 Å². The van der Waals surface area contributed by atoms with Gasteiger partial charge >= 0.3 is 0 Å². The molecule has 4 rings (SSSR count). The number of pyridine rings is 1. The van der Waals surface area contributed by atoms with E-state index in [2.05, 4.69) is 11.1 Å². The number of hydrogen-bond acceptors (Lipinski definition) is 4. The smallest absolute Gasteiger partial charge is 0.257 e. The number of nitrogens with zero attached hydrogens (tertiary/aromatic N) is 3. The molecule has 5 nitrogen and oxygen atoms in total. The van der Waals surface area contributed by atoms with Gasteiger partial charge in [0.2, 0.25) is 0 Å². The van der Waals surface area contributed by atoms with Crippen molar-refractivity contribution in [1.82, 2.24) is 9.88 Å². The van der Waals surface area contributed by atoms with Gasteiger partial charge in [-0.1, -0.05) is 29.3 Å². The Kier molecular flexibility index (Phi) is 5.05. The number of fused-ring (bicyclic) bond motifs is 1. The molecule has 144 valence electrons. The maximum atomic E-state index is 13.5. The number of nitrogens with two attached hydrogens (primary N) is 1. The van der Waals surface area contributed by atoms with Gasteiger partial charge in [-0.25, -0.2) is 0 Å². The third-order valence-corrected chi connectivity index (χ3v) is 6.37. The molecular weight excluding hydrogens is 395 g/mol. The molecule has 2 N–H and O–H groups in total.